The van der Waals surface area contributed by atoms with Crippen LogP contribution in [0, 0.1) is 6.92 Å². The molecule has 0 aliphatic rings. The molecule has 2 aromatic carbocycles. The molecule has 1 atom stereocenters. The van der Waals surface area contributed by atoms with Gasteiger partial charge >= 0.3 is 0 Å². The third-order valence-electron chi connectivity index (χ3n) is 3.11. The Labute approximate surface area is 103 Å². The van der Waals surface area contributed by atoms with Crippen molar-refractivity contribution < 1.29 is 0 Å². The summed E-state index contributed by atoms with van der Waals surface area (Å²) in [5.41, 5.74) is 3.91. The lowest BCUT2D eigenvalue weighted by molar-refractivity contribution is 0.804. The van der Waals surface area contributed by atoms with E-state index >= 15 is 0 Å². The number of nitrogens with one attached hydrogen (secondary N) is 1. The third-order valence-corrected chi connectivity index (χ3v) is 3.11. The second-order valence-electron chi connectivity index (χ2n) is 4.51. The average molecular weight is 225 g/mol. The maximum Gasteiger partial charge on any atom is 0.0370 e. The number of anilines is 1. The number of rotatable bonds is 4. The van der Waals surface area contributed by atoms with E-state index in [0.717, 1.165) is 6.54 Å². The van der Waals surface area contributed by atoms with Crippen LogP contribution in [0.15, 0.2) is 54.6 Å². The first-order chi connectivity index (χ1) is 8.27. The minimum Gasteiger partial charge on any atom is -0.384 e. The molecule has 0 amide bonds. The summed E-state index contributed by atoms with van der Waals surface area (Å²) in [6.07, 6.45) is 0. The Morgan fingerprint density at radius 3 is 2.29 bits per heavy atom. The van der Waals surface area contributed by atoms with Crippen LogP contribution in [0.25, 0.3) is 0 Å². The zero-order chi connectivity index (χ0) is 12.1. The molecule has 88 valence electrons. The van der Waals surface area contributed by atoms with Crippen molar-refractivity contribution in [2.75, 3.05) is 11.9 Å². The summed E-state index contributed by atoms with van der Waals surface area (Å²) in [6, 6.07) is 19.0. The lowest BCUT2D eigenvalue weighted by Gasteiger charge is -2.15. The fourth-order valence-electron chi connectivity index (χ4n) is 1.93. The van der Waals surface area contributed by atoms with Crippen LogP contribution in [0.2, 0.25) is 0 Å². The highest BCUT2D eigenvalue weighted by Crippen LogP contribution is 2.18. The van der Waals surface area contributed by atoms with Crippen molar-refractivity contribution in [2.24, 2.45) is 0 Å². The van der Waals surface area contributed by atoms with Crippen LogP contribution >= 0.6 is 0 Å². The van der Waals surface area contributed by atoms with Crippen molar-refractivity contribution in [3.63, 3.8) is 0 Å². The largest absolute Gasteiger partial charge is 0.384 e. The molecular weight excluding hydrogens is 206 g/mol. The number of benzene rings is 2. The first-order valence-corrected chi connectivity index (χ1v) is 6.12. The van der Waals surface area contributed by atoms with Crippen LogP contribution in [0.4, 0.5) is 5.69 Å². The van der Waals surface area contributed by atoms with E-state index in [0.29, 0.717) is 5.92 Å². The minimum absolute atomic E-state index is 0.524. The van der Waals surface area contributed by atoms with Gasteiger partial charge in [0.2, 0.25) is 0 Å². The highest BCUT2D eigenvalue weighted by Gasteiger charge is 2.04. The van der Waals surface area contributed by atoms with E-state index in [1.54, 1.807) is 0 Å². The molecule has 0 aromatic heterocycles. The Hall–Kier alpha value is -1.76. The normalized spacial score (nSPS) is 12.1. The van der Waals surface area contributed by atoms with Gasteiger partial charge in [-0.1, -0.05) is 55.5 Å². The molecule has 0 radical (unpaired) electrons. The standard InChI is InChI=1S/C16H19N/c1-13-8-6-7-11-16(13)17-12-14(2)15-9-4-3-5-10-15/h3-11,14,17H,12H2,1-2H3. The first-order valence-electron chi connectivity index (χ1n) is 6.12. The Kier molecular flexibility index (Phi) is 3.81. The van der Waals surface area contributed by atoms with Crippen molar-refractivity contribution >= 4 is 5.69 Å². The molecule has 1 N–H and O–H groups in total. The fourth-order valence-corrected chi connectivity index (χ4v) is 1.93. The predicted molar refractivity (Wildman–Crippen MR) is 74.5 cm³/mol. The molecule has 0 fully saturated rings. The van der Waals surface area contributed by atoms with Gasteiger partial charge in [-0.2, -0.15) is 0 Å². The molecule has 0 saturated carbocycles. The Morgan fingerprint density at radius 1 is 0.941 bits per heavy atom. The van der Waals surface area contributed by atoms with Gasteiger partial charge in [-0.3, -0.25) is 0 Å². The number of para-hydroxylation sites is 1. The summed E-state index contributed by atoms with van der Waals surface area (Å²) in [5.74, 6) is 0.524. The van der Waals surface area contributed by atoms with E-state index in [9.17, 15) is 0 Å². The van der Waals surface area contributed by atoms with Crippen molar-refractivity contribution in [1.29, 1.82) is 0 Å². The van der Waals surface area contributed by atoms with Gasteiger partial charge < -0.3 is 5.32 Å². The van der Waals surface area contributed by atoms with Gasteiger partial charge in [-0.15, -0.1) is 0 Å². The second-order valence-corrected chi connectivity index (χ2v) is 4.51. The number of hydrogen-bond donors (Lipinski definition) is 1. The quantitative estimate of drug-likeness (QED) is 0.821. The van der Waals surface area contributed by atoms with Gasteiger partial charge in [0.1, 0.15) is 0 Å². The van der Waals surface area contributed by atoms with Crippen molar-refractivity contribution in [2.45, 2.75) is 19.8 Å². The molecule has 0 aliphatic carbocycles. The van der Waals surface area contributed by atoms with Crippen LogP contribution in [-0.2, 0) is 0 Å². The van der Waals surface area contributed by atoms with E-state index < -0.39 is 0 Å². The molecular formula is C16H19N. The molecule has 0 aliphatic heterocycles. The Balaban J connectivity index is 1.97. The van der Waals surface area contributed by atoms with Crippen molar-refractivity contribution in [1.82, 2.24) is 0 Å². The van der Waals surface area contributed by atoms with E-state index in [-0.39, 0.29) is 0 Å². The average Bonchev–Trinajstić information content (AvgIpc) is 2.38. The summed E-state index contributed by atoms with van der Waals surface area (Å²) in [6.45, 7) is 5.35. The van der Waals surface area contributed by atoms with Gasteiger partial charge in [-0.05, 0) is 30.0 Å². The highest BCUT2D eigenvalue weighted by atomic mass is 14.9. The SMILES string of the molecule is Cc1ccccc1NCC(C)c1ccccc1. The van der Waals surface area contributed by atoms with E-state index in [2.05, 4.69) is 73.8 Å². The van der Waals surface area contributed by atoms with Gasteiger partial charge in [0.05, 0.1) is 0 Å². The lowest BCUT2D eigenvalue weighted by Crippen LogP contribution is -2.10. The fraction of sp³-hybridized carbons (Fsp3) is 0.250. The van der Waals surface area contributed by atoms with Crippen LogP contribution in [0.5, 0.6) is 0 Å². The van der Waals surface area contributed by atoms with Crippen molar-refractivity contribution in [3.05, 3.63) is 65.7 Å². The van der Waals surface area contributed by atoms with E-state index in [1.165, 1.54) is 16.8 Å². The summed E-state index contributed by atoms with van der Waals surface area (Å²) in [7, 11) is 0. The van der Waals surface area contributed by atoms with Crippen LogP contribution in [0.1, 0.15) is 24.0 Å². The molecule has 1 nitrogen and oxygen atoms in total. The van der Waals surface area contributed by atoms with Gasteiger partial charge in [0.25, 0.3) is 0 Å². The third kappa shape index (κ3) is 3.10. The summed E-state index contributed by atoms with van der Waals surface area (Å²) in [4.78, 5) is 0. The lowest BCUT2D eigenvalue weighted by atomic mass is 10.0. The second kappa shape index (κ2) is 5.53. The van der Waals surface area contributed by atoms with E-state index in [4.69, 9.17) is 0 Å². The summed E-state index contributed by atoms with van der Waals surface area (Å²) < 4.78 is 0. The zero-order valence-electron chi connectivity index (χ0n) is 10.5. The molecule has 2 aromatic rings. The Morgan fingerprint density at radius 2 is 1.59 bits per heavy atom. The molecule has 1 unspecified atom stereocenters. The van der Waals surface area contributed by atoms with Crippen LogP contribution in [0.3, 0.4) is 0 Å². The maximum atomic E-state index is 3.51. The van der Waals surface area contributed by atoms with Gasteiger partial charge in [0, 0.05) is 12.2 Å². The van der Waals surface area contributed by atoms with Gasteiger partial charge in [-0.25, -0.2) is 0 Å². The zero-order valence-corrected chi connectivity index (χ0v) is 10.5. The predicted octanol–water partition coefficient (Wildman–Crippen LogP) is 4.21. The Bertz CT molecular complexity index is 462. The molecule has 17 heavy (non-hydrogen) atoms. The molecule has 0 spiro atoms. The van der Waals surface area contributed by atoms with E-state index in [1.807, 2.05) is 0 Å². The summed E-state index contributed by atoms with van der Waals surface area (Å²) >= 11 is 0. The maximum absolute atomic E-state index is 3.51. The molecule has 0 heterocycles. The van der Waals surface area contributed by atoms with Crippen LogP contribution < -0.4 is 5.32 Å². The molecule has 0 saturated heterocycles. The highest BCUT2D eigenvalue weighted by molar-refractivity contribution is 5.50. The van der Waals surface area contributed by atoms with Gasteiger partial charge in [0.15, 0.2) is 0 Å². The molecule has 0 bridgehead atoms. The number of hydrogen-bond acceptors (Lipinski definition) is 1. The monoisotopic (exact) mass is 225 g/mol. The molecule has 1 heteroatoms. The molecule has 2 rings (SSSR count). The smallest absolute Gasteiger partial charge is 0.0370 e. The topological polar surface area (TPSA) is 12.0 Å². The van der Waals surface area contributed by atoms with Crippen LogP contribution in [-0.4, -0.2) is 6.54 Å². The van der Waals surface area contributed by atoms with Crippen molar-refractivity contribution in [3.8, 4) is 0 Å². The minimum atomic E-state index is 0.524. The first kappa shape index (κ1) is 11.7. The number of aryl methyl sites for hydroxylation is 1. The summed E-state index contributed by atoms with van der Waals surface area (Å²) in [5, 5.41) is 3.51.